The van der Waals surface area contributed by atoms with Crippen molar-refractivity contribution in [3.8, 4) is 11.4 Å². The van der Waals surface area contributed by atoms with Crippen LogP contribution in [0.2, 0.25) is 0 Å². The van der Waals surface area contributed by atoms with Crippen molar-refractivity contribution in [3.05, 3.63) is 58.7 Å². The van der Waals surface area contributed by atoms with Crippen LogP contribution < -0.4 is 5.73 Å². The van der Waals surface area contributed by atoms with Gasteiger partial charge in [0.05, 0.1) is 5.56 Å². The van der Waals surface area contributed by atoms with E-state index in [0.29, 0.717) is 17.1 Å². The van der Waals surface area contributed by atoms with E-state index in [2.05, 4.69) is 31.1 Å². The van der Waals surface area contributed by atoms with E-state index in [9.17, 15) is 4.79 Å². The fraction of sp³-hybridized carbons (Fsp3) is 0.0667. The molecular formula is C15H11BrN4O3. The van der Waals surface area contributed by atoms with E-state index in [4.69, 9.17) is 15.0 Å². The molecule has 0 radical (unpaired) electrons. The zero-order valence-electron chi connectivity index (χ0n) is 11.8. The molecule has 1 aromatic carbocycles. The summed E-state index contributed by atoms with van der Waals surface area (Å²) in [7, 11) is 0. The van der Waals surface area contributed by atoms with E-state index in [-0.39, 0.29) is 18.1 Å². The fourth-order valence-corrected chi connectivity index (χ4v) is 2.20. The van der Waals surface area contributed by atoms with Crippen molar-refractivity contribution in [1.82, 2.24) is 15.1 Å². The van der Waals surface area contributed by atoms with Gasteiger partial charge in [0.15, 0.2) is 6.61 Å². The van der Waals surface area contributed by atoms with Gasteiger partial charge in [-0.15, -0.1) is 0 Å². The van der Waals surface area contributed by atoms with Gasteiger partial charge in [0.2, 0.25) is 5.82 Å². The van der Waals surface area contributed by atoms with Gasteiger partial charge in [-0.25, -0.2) is 4.79 Å². The van der Waals surface area contributed by atoms with Crippen LogP contribution in [0.3, 0.4) is 0 Å². The molecule has 0 saturated heterocycles. The van der Waals surface area contributed by atoms with Crippen LogP contribution in [0.1, 0.15) is 16.2 Å². The maximum absolute atomic E-state index is 12.0. The first kappa shape index (κ1) is 15.2. The maximum Gasteiger partial charge on any atom is 0.340 e. The SMILES string of the molecule is Nc1ccc(Br)cc1C(=O)OCc1nc(-c2cccnc2)no1. The van der Waals surface area contributed by atoms with Gasteiger partial charge in [0.1, 0.15) is 0 Å². The molecule has 8 heteroatoms. The number of benzene rings is 1. The van der Waals surface area contributed by atoms with Gasteiger partial charge in [-0.3, -0.25) is 4.98 Å². The van der Waals surface area contributed by atoms with Crippen LogP contribution in [0.4, 0.5) is 5.69 Å². The number of carbonyl (C=O) groups excluding carboxylic acids is 1. The number of nitrogens with zero attached hydrogens (tertiary/aromatic N) is 3. The molecule has 0 aliphatic heterocycles. The van der Waals surface area contributed by atoms with E-state index in [1.165, 1.54) is 0 Å². The van der Waals surface area contributed by atoms with E-state index < -0.39 is 5.97 Å². The average molecular weight is 375 g/mol. The highest BCUT2D eigenvalue weighted by Gasteiger charge is 2.15. The fourth-order valence-electron chi connectivity index (χ4n) is 1.84. The molecule has 3 rings (SSSR count). The molecule has 2 aromatic heterocycles. The number of carbonyl (C=O) groups is 1. The summed E-state index contributed by atoms with van der Waals surface area (Å²) in [6.07, 6.45) is 3.26. The Bertz CT molecular complexity index is 836. The molecule has 0 amide bonds. The lowest BCUT2D eigenvalue weighted by molar-refractivity contribution is 0.0431. The number of hydrogen-bond donors (Lipinski definition) is 1. The molecule has 3 aromatic rings. The Balaban J connectivity index is 1.68. The van der Waals surface area contributed by atoms with Crippen LogP contribution in [0, 0.1) is 0 Å². The molecule has 0 fully saturated rings. The summed E-state index contributed by atoms with van der Waals surface area (Å²) in [5.41, 5.74) is 7.08. The third-order valence-electron chi connectivity index (χ3n) is 2.95. The van der Waals surface area contributed by atoms with Crippen molar-refractivity contribution >= 4 is 27.6 Å². The largest absolute Gasteiger partial charge is 0.452 e. The third-order valence-corrected chi connectivity index (χ3v) is 3.44. The van der Waals surface area contributed by atoms with Crippen LogP contribution in [0.25, 0.3) is 11.4 Å². The molecule has 0 atom stereocenters. The van der Waals surface area contributed by atoms with Gasteiger partial charge in [0, 0.05) is 28.1 Å². The lowest BCUT2D eigenvalue weighted by atomic mass is 10.2. The van der Waals surface area contributed by atoms with Crippen LogP contribution in [-0.4, -0.2) is 21.1 Å². The second kappa shape index (κ2) is 6.57. The number of anilines is 1. The molecule has 0 aliphatic carbocycles. The van der Waals surface area contributed by atoms with Gasteiger partial charge < -0.3 is 15.0 Å². The summed E-state index contributed by atoms with van der Waals surface area (Å²) in [5.74, 6) is 0.00168. The predicted molar refractivity (Wildman–Crippen MR) is 85.2 cm³/mol. The van der Waals surface area contributed by atoms with Crippen LogP contribution in [0.15, 0.2) is 51.7 Å². The monoisotopic (exact) mass is 374 g/mol. The highest BCUT2D eigenvalue weighted by Crippen LogP contribution is 2.20. The van der Waals surface area contributed by atoms with E-state index in [0.717, 1.165) is 4.47 Å². The van der Waals surface area contributed by atoms with E-state index >= 15 is 0 Å². The number of esters is 1. The molecule has 0 spiro atoms. The summed E-state index contributed by atoms with van der Waals surface area (Å²) in [6.45, 7) is -0.141. The minimum atomic E-state index is -0.565. The Labute approximate surface area is 139 Å². The van der Waals surface area contributed by atoms with Crippen molar-refractivity contribution in [3.63, 3.8) is 0 Å². The zero-order chi connectivity index (χ0) is 16.2. The minimum Gasteiger partial charge on any atom is -0.452 e. The normalized spacial score (nSPS) is 10.5. The van der Waals surface area contributed by atoms with Crippen molar-refractivity contribution in [2.45, 2.75) is 6.61 Å². The second-order valence-electron chi connectivity index (χ2n) is 4.56. The van der Waals surface area contributed by atoms with Crippen LogP contribution >= 0.6 is 15.9 Å². The van der Waals surface area contributed by atoms with E-state index in [1.807, 2.05) is 0 Å². The quantitative estimate of drug-likeness (QED) is 0.552. The number of hydrogen-bond acceptors (Lipinski definition) is 7. The van der Waals surface area contributed by atoms with Gasteiger partial charge in [-0.2, -0.15) is 4.98 Å². The summed E-state index contributed by atoms with van der Waals surface area (Å²) in [4.78, 5) is 20.2. The maximum atomic E-state index is 12.0. The Kier molecular flexibility index (Phi) is 4.33. The first-order chi connectivity index (χ1) is 11.1. The number of nitrogens with two attached hydrogens (primary N) is 1. The van der Waals surface area contributed by atoms with Crippen molar-refractivity contribution in [1.29, 1.82) is 0 Å². The Morgan fingerprint density at radius 3 is 3.00 bits per heavy atom. The highest BCUT2D eigenvalue weighted by molar-refractivity contribution is 9.10. The number of nitrogen functional groups attached to an aromatic ring is 1. The number of aromatic nitrogens is 3. The van der Waals surface area contributed by atoms with Crippen LogP contribution in [-0.2, 0) is 11.3 Å². The van der Waals surface area contributed by atoms with Gasteiger partial charge in [-0.05, 0) is 30.3 Å². The molecule has 2 N–H and O–H groups in total. The third kappa shape index (κ3) is 3.54. The Morgan fingerprint density at radius 1 is 1.35 bits per heavy atom. The van der Waals surface area contributed by atoms with Gasteiger partial charge in [-0.1, -0.05) is 21.1 Å². The second-order valence-corrected chi connectivity index (χ2v) is 5.48. The molecule has 0 saturated carbocycles. The zero-order valence-corrected chi connectivity index (χ0v) is 13.4. The topological polar surface area (TPSA) is 104 Å². The Morgan fingerprint density at radius 2 is 2.22 bits per heavy atom. The molecule has 0 bridgehead atoms. The van der Waals surface area contributed by atoms with E-state index in [1.54, 1.807) is 42.7 Å². The highest BCUT2D eigenvalue weighted by atomic mass is 79.9. The lowest BCUT2D eigenvalue weighted by Gasteiger charge is -2.05. The first-order valence-corrected chi connectivity index (χ1v) is 7.38. The molecule has 23 heavy (non-hydrogen) atoms. The summed E-state index contributed by atoms with van der Waals surface area (Å²) in [5, 5.41) is 3.82. The lowest BCUT2D eigenvalue weighted by Crippen LogP contribution is -2.08. The minimum absolute atomic E-state index is 0.141. The summed E-state index contributed by atoms with van der Waals surface area (Å²) >= 11 is 3.28. The number of halogens is 1. The van der Waals surface area contributed by atoms with Crippen molar-refractivity contribution in [2.24, 2.45) is 0 Å². The van der Waals surface area contributed by atoms with Crippen molar-refractivity contribution < 1.29 is 14.1 Å². The first-order valence-electron chi connectivity index (χ1n) is 6.58. The summed E-state index contributed by atoms with van der Waals surface area (Å²) < 4.78 is 10.9. The molecular weight excluding hydrogens is 364 g/mol. The molecule has 116 valence electrons. The van der Waals surface area contributed by atoms with Crippen LogP contribution in [0.5, 0.6) is 0 Å². The number of rotatable bonds is 4. The summed E-state index contributed by atoms with van der Waals surface area (Å²) in [6, 6.07) is 8.52. The smallest absolute Gasteiger partial charge is 0.340 e. The van der Waals surface area contributed by atoms with Gasteiger partial charge in [0.25, 0.3) is 5.89 Å². The van der Waals surface area contributed by atoms with Crippen molar-refractivity contribution in [2.75, 3.05) is 5.73 Å². The Hall–Kier alpha value is -2.74. The molecule has 0 aliphatic rings. The molecule has 2 heterocycles. The number of ether oxygens (including phenoxy) is 1. The number of pyridine rings is 1. The van der Waals surface area contributed by atoms with Gasteiger partial charge >= 0.3 is 5.97 Å². The average Bonchev–Trinajstić information content (AvgIpc) is 3.05. The predicted octanol–water partition coefficient (Wildman–Crippen LogP) is 2.83. The standard InChI is InChI=1S/C15H11BrN4O3/c16-10-3-4-12(17)11(6-10)15(21)22-8-13-19-14(20-23-13)9-2-1-5-18-7-9/h1-7H,8,17H2. The molecule has 7 nitrogen and oxygen atoms in total. The molecule has 0 unspecified atom stereocenters.